The Morgan fingerprint density at radius 3 is 2.65 bits per heavy atom. The van der Waals surface area contributed by atoms with Gasteiger partial charge >= 0.3 is 0 Å². The molecule has 0 fully saturated rings. The van der Waals surface area contributed by atoms with Crippen molar-refractivity contribution < 1.29 is 14.2 Å². The third-order valence-electron chi connectivity index (χ3n) is 2.97. The van der Waals surface area contributed by atoms with Crippen LogP contribution in [-0.4, -0.2) is 13.8 Å². The summed E-state index contributed by atoms with van der Waals surface area (Å²) in [5.74, 6) is 2.81. The van der Waals surface area contributed by atoms with E-state index in [2.05, 4.69) is 5.32 Å². The van der Waals surface area contributed by atoms with Gasteiger partial charge < -0.3 is 19.5 Å². The van der Waals surface area contributed by atoms with Crippen LogP contribution in [0, 0.1) is 0 Å². The number of hydrogen-bond acceptors (Lipinski definition) is 4. The van der Waals surface area contributed by atoms with Crippen LogP contribution in [0.5, 0.6) is 23.0 Å². The summed E-state index contributed by atoms with van der Waals surface area (Å²) in [6.45, 7) is 0.979. The van der Waals surface area contributed by atoms with Crippen molar-refractivity contribution in [2.45, 2.75) is 6.54 Å². The number of halogens is 1. The zero-order valence-corrected chi connectivity index (χ0v) is 11.7. The molecular formula is C15H14ClNO3. The first-order valence-electron chi connectivity index (χ1n) is 6.27. The number of fused-ring (bicyclic) bond motifs is 1. The molecule has 0 radical (unpaired) electrons. The van der Waals surface area contributed by atoms with Gasteiger partial charge in [-0.05, 0) is 36.9 Å². The SMILES string of the molecule is CNCc1ccc(Oc2ccc3c(c2)OCO3)cc1Cl. The zero-order valence-electron chi connectivity index (χ0n) is 11.0. The van der Waals surface area contributed by atoms with Gasteiger partial charge in [0.25, 0.3) is 0 Å². The maximum absolute atomic E-state index is 6.20. The van der Waals surface area contributed by atoms with Crippen LogP contribution in [0.3, 0.4) is 0 Å². The summed E-state index contributed by atoms with van der Waals surface area (Å²) in [7, 11) is 1.88. The molecule has 4 nitrogen and oxygen atoms in total. The molecule has 1 aliphatic heterocycles. The highest BCUT2D eigenvalue weighted by molar-refractivity contribution is 6.31. The van der Waals surface area contributed by atoms with Crippen LogP contribution in [0.1, 0.15) is 5.56 Å². The van der Waals surface area contributed by atoms with Crippen molar-refractivity contribution in [2.75, 3.05) is 13.8 Å². The Morgan fingerprint density at radius 2 is 1.85 bits per heavy atom. The number of benzene rings is 2. The van der Waals surface area contributed by atoms with Crippen LogP contribution in [0.15, 0.2) is 36.4 Å². The van der Waals surface area contributed by atoms with E-state index in [0.717, 1.165) is 17.9 Å². The van der Waals surface area contributed by atoms with E-state index in [-0.39, 0.29) is 6.79 Å². The van der Waals surface area contributed by atoms with Gasteiger partial charge in [-0.2, -0.15) is 0 Å². The summed E-state index contributed by atoms with van der Waals surface area (Å²) in [4.78, 5) is 0. The van der Waals surface area contributed by atoms with Crippen molar-refractivity contribution in [3.63, 3.8) is 0 Å². The second-order valence-corrected chi connectivity index (χ2v) is 4.81. The Morgan fingerprint density at radius 1 is 1.10 bits per heavy atom. The van der Waals surface area contributed by atoms with Crippen LogP contribution in [-0.2, 0) is 6.54 Å². The molecule has 0 unspecified atom stereocenters. The van der Waals surface area contributed by atoms with Gasteiger partial charge in [0.15, 0.2) is 11.5 Å². The quantitative estimate of drug-likeness (QED) is 0.934. The molecule has 20 heavy (non-hydrogen) atoms. The van der Waals surface area contributed by atoms with Crippen molar-refractivity contribution in [3.8, 4) is 23.0 Å². The van der Waals surface area contributed by atoms with Gasteiger partial charge in [0, 0.05) is 17.6 Å². The molecule has 1 heterocycles. The molecule has 104 valence electrons. The van der Waals surface area contributed by atoms with E-state index in [1.165, 1.54) is 0 Å². The highest BCUT2D eigenvalue weighted by atomic mass is 35.5. The number of hydrogen-bond donors (Lipinski definition) is 1. The average molecular weight is 292 g/mol. The lowest BCUT2D eigenvalue weighted by molar-refractivity contribution is 0.174. The minimum absolute atomic E-state index is 0.253. The number of nitrogens with one attached hydrogen (secondary N) is 1. The molecule has 2 aromatic rings. The Balaban J connectivity index is 1.79. The van der Waals surface area contributed by atoms with E-state index in [4.69, 9.17) is 25.8 Å². The summed E-state index contributed by atoms with van der Waals surface area (Å²) in [6.07, 6.45) is 0. The summed E-state index contributed by atoms with van der Waals surface area (Å²) >= 11 is 6.20. The molecule has 0 saturated heterocycles. The normalized spacial score (nSPS) is 12.5. The van der Waals surface area contributed by atoms with Crippen molar-refractivity contribution in [2.24, 2.45) is 0 Å². The van der Waals surface area contributed by atoms with Crippen LogP contribution in [0.4, 0.5) is 0 Å². The van der Waals surface area contributed by atoms with Crippen molar-refractivity contribution in [1.82, 2.24) is 5.32 Å². The first kappa shape index (κ1) is 13.1. The molecule has 2 aromatic carbocycles. The Labute approximate surface area is 122 Å². The van der Waals surface area contributed by atoms with Gasteiger partial charge in [0.2, 0.25) is 6.79 Å². The summed E-state index contributed by atoms with van der Waals surface area (Å²) in [5.41, 5.74) is 1.03. The van der Waals surface area contributed by atoms with E-state index in [1.807, 2.05) is 31.3 Å². The number of ether oxygens (including phenoxy) is 3. The Hall–Kier alpha value is -1.91. The molecule has 0 atom stereocenters. The third-order valence-corrected chi connectivity index (χ3v) is 3.32. The van der Waals surface area contributed by atoms with Crippen LogP contribution in [0.25, 0.3) is 0 Å². The second-order valence-electron chi connectivity index (χ2n) is 4.40. The molecular weight excluding hydrogens is 278 g/mol. The van der Waals surface area contributed by atoms with E-state index < -0.39 is 0 Å². The molecule has 0 saturated carbocycles. The Bertz CT molecular complexity index is 631. The van der Waals surface area contributed by atoms with E-state index in [0.29, 0.717) is 22.3 Å². The molecule has 5 heteroatoms. The third kappa shape index (κ3) is 2.66. The van der Waals surface area contributed by atoms with Crippen molar-refractivity contribution in [3.05, 3.63) is 47.0 Å². The fourth-order valence-electron chi connectivity index (χ4n) is 2.00. The number of rotatable bonds is 4. The lowest BCUT2D eigenvalue weighted by Gasteiger charge is -2.09. The maximum atomic E-state index is 6.20. The lowest BCUT2D eigenvalue weighted by atomic mass is 10.2. The predicted octanol–water partition coefficient (Wildman–Crippen LogP) is 3.58. The standard InChI is InChI=1S/C15H14ClNO3/c1-17-8-10-2-3-11(6-13(10)16)20-12-4-5-14-15(7-12)19-9-18-14/h2-7,17H,8-9H2,1H3. The summed E-state index contributed by atoms with van der Waals surface area (Å²) < 4.78 is 16.4. The lowest BCUT2D eigenvalue weighted by Crippen LogP contribution is -2.05. The molecule has 0 aliphatic carbocycles. The smallest absolute Gasteiger partial charge is 0.231 e. The van der Waals surface area contributed by atoms with Crippen molar-refractivity contribution in [1.29, 1.82) is 0 Å². The Kier molecular flexibility index (Phi) is 3.67. The molecule has 0 bridgehead atoms. The molecule has 0 aromatic heterocycles. The first-order valence-corrected chi connectivity index (χ1v) is 6.64. The van der Waals surface area contributed by atoms with E-state index in [9.17, 15) is 0 Å². The molecule has 3 rings (SSSR count). The minimum atomic E-state index is 0.253. The van der Waals surface area contributed by atoms with Gasteiger partial charge in [0.1, 0.15) is 11.5 Å². The van der Waals surface area contributed by atoms with Gasteiger partial charge in [-0.3, -0.25) is 0 Å². The molecule has 0 amide bonds. The topological polar surface area (TPSA) is 39.7 Å². The maximum Gasteiger partial charge on any atom is 0.231 e. The monoisotopic (exact) mass is 291 g/mol. The van der Waals surface area contributed by atoms with Gasteiger partial charge in [0.05, 0.1) is 0 Å². The highest BCUT2D eigenvalue weighted by Gasteiger charge is 2.14. The van der Waals surface area contributed by atoms with Crippen LogP contribution in [0.2, 0.25) is 5.02 Å². The molecule has 1 N–H and O–H groups in total. The molecule has 0 spiro atoms. The molecule has 1 aliphatic rings. The van der Waals surface area contributed by atoms with Crippen molar-refractivity contribution >= 4 is 11.6 Å². The highest BCUT2D eigenvalue weighted by Crippen LogP contribution is 2.37. The van der Waals surface area contributed by atoms with Gasteiger partial charge in [-0.1, -0.05) is 17.7 Å². The first-order chi connectivity index (χ1) is 9.76. The van der Waals surface area contributed by atoms with Gasteiger partial charge in [-0.15, -0.1) is 0 Å². The van der Waals surface area contributed by atoms with Crippen LogP contribution >= 0.6 is 11.6 Å². The van der Waals surface area contributed by atoms with Crippen LogP contribution < -0.4 is 19.5 Å². The average Bonchev–Trinajstić information content (AvgIpc) is 2.89. The fraction of sp³-hybridized carbons (Fsp3) is 0.200. The summed E-state index contributed by atoms with van der Waals surface area (Å²) in [5, 5.41) is 3.74. The fourth-order valence-corrected chi connectivity index (χ4v) is 2.24. The second kappa shape index (κ2) is 5.61. The van der Waals surface area contributed by atoms with E-state index >= 15 is 0 Å². The van der Waals surface area contributed by atoms with Gasteiger partial charge in [-0.25, -0.2) is 0 Å². The minimum Gasteiger partial charge on any atom is -0.457 e. The largest absolute Gasteiger partial charge is 0.457 e. The predicted molar refractivity (Wildman–Crippen MR) is 76.9 cm³/mol. The summed E-state index contributed by atoms with van der Waals surface area (Å²) in [6, 6.07) is 11.1. The van der Waals surface area contributed by atoms with E-state index in [1.54, 1.807) is 12.1 Å². The zero-order chi connectivity index (χ0) is 13.9.